The molecule has 7 heteroatoms. The molecule has 0 N–H and O–H groups in total. The third-order valence-corrected chi connectivity index (χ3v) is 5.91. The Labute approximate surface area is 190 Å². The molecule has 5 rings (SSSR count). The molecule has 2 heterocycles. The first kappa shape index (κ1) is 21.0. The number of rotatable bonds is 3. The topological polar surface area (TPSA) is 46.3 Å². The fourth-order valence-corrected chi connectivity index (χ4v) is 3.98. The van der Waals surface area contributed by atoms with E-state index in [1.54, 1.807) is 4.40 Å². The molecule has 0 spiro atoms. The van der Waals surface area contributed by atoms with Gasteiger partial charge in [-0.3, -0.25) is 4.40 Å². The van der Waals surface area contributed by atoms with Crippen LogP contribution in [0.15, 0.2) is 67.0 Å². The molecule has 5 aromatic rings. The first-order valence-electron chi connectivity index (χ1n) is 10.7. The zero-order chi connectivity index (χ0) is 23.3. The monoisotopic (exact) mass is 443 g/mol. The van der Waals surface area contributed by atoms with Crippen molar-refractivity contribution >= 4 is 28.2 Å². The molecule has 0 aliphatic carbocycles. The van der Waals surface area contributed by atoms with E-state index in [4.69, 9.17) is 0 Å². The Bertz CT molecular complexity index is 1480. The first-order chi connectivity index (χ1) is 15.7. The van der Waals surface area contributed by atoms with E-state index in [1.807, 2.05) is 36.2 Å². The van der Waals surface area contributed by atoms with E-state index in [9.17, 15) is 8.78 Å². The third kappa shape index (κ3) is 3.69. The van der Waals surface area contributed by atoms with Crippen LogP contribution in [0.25, 0.3) is 27.8 Å². The van der Waals surface area contributed by atoms with Crippen LogP contribution in [0.2, 0.25) is 0 Å². The minimum absolute atomic E-state index is 0.0857. The predicted molar refractivity (Wildman–Crippen MR) is 127 cm³/mol. The zero-order valence-corrected chi connectivity index (χ0v) is 18.8. The van der Waals surface area contributed by atoms with Crippen molar-refractivity contribution in [3.05, 3.63) is 84.2 Å². The number of fused-ring (bicyclic) bond motifs is 3. The smallest absolute Gasteiger partial charge is 0.257 e. The molecular formula is C26H23F2N5. The second-order valence-electron chi connectivity index (χ2n) is 9.16. The highest BCUT2D eigenvalue weighted by Gasteiger charge is 2.18. The lowest BCUT2D eigenvalue weighted by atomic mass is 9.86. The highest BCUT2D eigenvalue weighted by atomic mass is 19.2. The fourth-order valence-electron chi connectivity index (χ4n) is 3.98. The summed E-state index contributed by atoms with van der Waals surface area (Å²) in [7, 11) is 1.84. The van der Waals surface area contributed by atoms with Crippen LogP contribution >= 0.6 is 0 Å². The van der Waals surface area contributed by atoms with Crippen LogP contribution < -0.4 is 4.90 Å². The average molecular weight is 444 g/mol. The minimum Gasteiger partial charge on any atom is -0.329 e. The van der Waals surface area contributed by atoms with Gasteiger partial charge in [-0.1, -0.05) is 57.2 Å². The molecule has 0 aliphatic heterocycles. The number of hydrogen-bond acceptors (Lipinski definition) is 4. The average Bonchev–Trinajstić information content (AvgIpc) is 3.27. The lowest BCUT2D eigenvalue weighted by molar-refractivity contribution is 0.510. The number of aromatic nitrogens is 4. The lowest BCUT2D eigenvalue weighted by Gasteiger charge is -2.22. The molecule has 0 aliphatic rings. The van der Waals surface area contributed by atoms with Crippen molar-refractivity contribution in [3.8, 4) is 11.1 Å². The molecule has 0 atom stereocenters. The summed E-state index contributed by atoms with van der Waals surface area (Å²) in [5.41, 5.74) is 4.80. The van der Waals surface area contributed by atoms with Crippen LogP contribution in [0.5, 0.6) is 0 Å². The number of nitrogens with zero attached hydrogens (tertiary/aromatic N) is 5. The molecule has 0 saturated carbocycles. The Morgan fingerprint density at radius 2 is 1.61 bits per heavy atom. The maximum atomic E-state index is 14.2. The molecule has 5 nitrogen and oxygen atoms in total. The molecule has 33 heavy (non-hydrogen) atoms. The van der Waals surface area contributed by atoms with E-state index < -0.39 is 11.6 Å². The number of halogens is 2. The van der Waals surface area contributed by atoms with E-state index in [0.717, 1.165) is 28.9 Å². The highest BCUT2D eigenvalue weighted by Crippen LogP contribution is 2.34. The quantitative estimate of drug-likeness (QED) is 0.329. The Morgan fingerprint density at radius 3 is 2.33 bits per heavy atom. The molecule has 0 radical (unpaired) electrons. The molecule has 0 fully saturated rings. The zero-order valence-electron chi connectivity index (χ0n) is 18.8. The van der Waals surface area contributed by atoms with Crippen molar-refractivity contribution in [1.29, 1.82) is 0 Å². The van der Waals surface area contributed by atoms with Gasteiger partial charge in [0.15, 0.2) is 11.6 Å². The van der Waals surface area contributed by atoms with Crippen LogP contribution in [0.3, 0.4) is 0 Å². The van der Waals surface area contributed by atoms with E-state index in [-0.39, 0.29) is 5.41 Å². The maximum Gasteiger partial charge on any atom is 0.257 e. The van der Waals surface area contributed by atoms with Crippen molar-refractivity contribution in [2.45, 2.75) is 26.2 Å². The fraction of sp³-hybridized carbons (Fsp3) is 0.192. The normalized spacial score (nSPS) is 11.9. The van der Waals surface area contributed by atoms with E-state index in [0.29, 0.717) is 22.5 Å². The van der Waals surface area contributed by atoms with Gasteiger partial charge in [0, 0.05) is 24.2 Å². The van der Waals surface area contributed by atoms with Gasteiger partial charge in [0.2, 0.25) is 0 Å². The Kier molecular flexibility index (Phi) is 4.85. The SMILES string of the molecule is CN(c1cccc(-c2ccc(C(C)(C)C)cc2)c1)c1nc2nncn2c2cc(F)c(F)cc12. The summed E-state index contributed by atoms with van der Waals surface area (Å²) in [6, 6.07) is 18.9. The number of benzene rings is 3. The van der Waals surface area contributed by atoms with Gasteiger partial charge in [0.25, 0.3) is 5.78 Å². The molecule has 166 valence electrons. The van der Waals surface area contributed by atoms with Crippen molar-refractivity contribution < 1.29 is 8.78 Å². The third-order valence-electron chi connectivity index (χ3n) is 5.91. The van der Waals surface area contributed by atoms with E-state index in [1.165, 1.54) is 11.9 Å². The second-order valence-corrected chi connectivity index (χ2v) is 9.16. The summed E-state index contributed by atoms with van der Waals surface area (Å²) < 4.78 is 29.7. The maximum absolute atomic E-state index is 14.2. The van der Waals surface area contributed by atoms with Gasteiger partial charge in [0.1, 0.15) is 12.1 Å². The predicted octanol–water partition coefficient (Wildman–Crippen LogP) is 6.29. The standard InChI is InChI=1S/C26H23F2N5/c1-26(2,3)18-10-8-16(9-11-18)17-6-5-7-19(12-17)32(4)24-20-13-21(27)22(28)14-23(20)33-15-29-31-25(33)30-24/h5-15H,1-4H3. The van der Waals surface area contributed by atoms with Gasteiger partial charge in [-0.15, -0.1) is 10.2 Å². The second kappa shape index (κ2) is 7.62. The Hall–Kier alpha value is -3.87. The summed E-state index contributed by atoms with van der Waals surface area (Å²) in [4.78, 5) is 6.43. The van der Waals surface area contributed by atoms with Gasteiger partial charge in [0.05, 0.1) is 5.52 Å². The van der Waals surface area contributed by atoms with Crippen molar-refractivity contribution in [1.82, 2.24) is 19.6 Å². The number of hydrogen-bond donors (Lipinski definition) is 0. The Morgan fingerprint density at radius 1 is 0.879 bits per heavy atom. The van der Waals surface area contributed by atoms with Crippen molar-refractivity contribution in [3.63, 3.8) is 0 Å². The van der Waals surface area contributed by atoms with Crippen LogP contribution in [-0.4, -0.2) is 26.6 Å². The van der Waals surface area contributed by atoms with Gasteiger partial charge < -0.3 is 4.90 Å². The van der Waals surface area contributed by atoms with Crippen molar-refractivity contribution in [2.24, 2.45) is 0 Å². The van der Waals surface area contributed by atoms with Crippen LogP contribution in [0.4, 0.5) is 20.3 Å². The molecule has 0 unspecified atom stereocenters. The first-order valence-corrected chi connectivity index (χ1v) is 10.7. The van der Waals surface area contributed by atoms with Crippen LogP contribution in [-0.2, 0) is 5.41 Å². The van der Waals surface area contributed by atoms with Gasteiger partial charge in [-0.2, -0.15) is 4.98 Å². The summed E-state index contributed by atoms with van der Waals surface area (Å²) in [6.45, 7) is 6.57. The summed E-state index contributed by atoms with van der Waals surface area (Å²) in [6.07, 6.45) is 1.44. The largest absolute Gasteiger partial charge is 0.329 e. The van der Waals surface area contributed by atoms with E-state index >= 15 is 0 Å². The highest BCUT2D eigenvalue weighted by molar-refractivity contribution is 5.93. The minimum atomic E-state index is -0.932. The molecule has 0 bridgehead atoms. The molecule has 0 saturated heterocycles. The molecular weight excluding hydrogens is 420 g/mol. The Balaban J connectivity index is 1.60. The molecule has 0 amide bonds. The summed E-state index contributed by atoms with van der Waals surface area (Å²) in [5.74, 6) is -1.09. The van der Waals surface area contributed by atoms with Crippen molar-refractivity contribution in [2.75, 3.05) is 11.9 Å². The lowest BCUT2D eigenvalue weighted by Crippen LogP contribution is -2.13. The van der Waals surface area contributed by atoms with Gasteiger partial charge >= 0.3 is 0 Å². The summed E-state index contributed by atoms with van der Waals surface area (Å²) >= 11 is 0. The van der Waals surface area contributed by atoms with E-state index in [2.05, 4.69) is 60.2 Å². The molecule has 2 aromatic heterocycles. The van der Waals surface area contributed by atoms with Gasteiger partial charge in [-0.25, -0.2) is 8.78 Å². The number of anilines is 2. The summed E-state index contributed by atoms with van der Waals surface area (Å²) in [5, 5.41) is 8.34. The van der Waals surface area contributed by atoms with Crippen LogP contribution in [0.1, 0.15) is 26.3 Å². The van der Waals surface area contributed by atoms with Gasteiger partial charge in [-0.05, 0) is 40.3 Å². The van der Waals surface area contributed by atoms with Crippen LogP contribution in [0, 0.1) is 11.6 Å². The molecule has 3 aromatic carbocycles.